The number of halogens is 3. The fourth-order valence-electron chi connectivity index (χ4n) is 5.24. The summed E-state index contributed by atoms with van der Waals surface area (Å²) >= 11 is 0. The van der Waals surface area contributed by atoms with E-state index in [9.17, 15) is 32.3 Å². The van der Waals surface area contributed by atoms with E-state index in [2.05, 4.69) is 10.6 Å². The van der Waals surface area contributed by atoms with Gasteiger partial charge in [-0.1, -0.05) is 34.6 Å². The molecule has 3 fully saturated rings. The van der Waals surface area contributed by atoms with Gasteiger partial charge in [-0.25, -0.2) is 0 Å². The van der Waals surface area contributed by atoms with Crippen LogP contribution in [-0.4, -0.2) is 66.4 Å². The van der Waals surface area contributed by atoms with Gasteiger partial charge in [0, 0.05) is 25.6 Å². The largest absolute Gasteiger partial charge is 0.471 e. The molecule has 2 aliphatic heterocycles. The molecule has 3 aliphatic rings. The van der Waals surface area contributed by atoms with Crippen molar-refractivity contribution in [2.24, 2.45) is 28.6 Å². The van der Waals surface area contributed by atoms with E-state index in [1.54, 1.807) is 20.8 Å². The van der Waals surface area contributed by atoms with E-state index in [1.807, 2.05) is 19.2 Å². The first-order chi connectivity index (χ1) is 15.1. The number of likely N-dealkylation sites (tertiary alicyclic amines) is 1. The van der Waals surface area contributed by atoms with Crippen LogP contribution in [0.2, 0.25) is 0 Å². The van der Waals surface area contributed by atoms with E-state index < -0.39 is 35.5 Å². The summed E-state index contributed by atoms with van der Waals surface area (Å²) < 4.78 is 38.6. The number of hydrogen-bond donors (Lipinski definition) is 3. The molecule has 5 atom stereocenters. The van der Waals surface area contributed by atoms with Crippen molar-refractivity contribution in [1.82, 2.24) is 20.9 Å². The van der Waals surface area contributed by atoms with Gasteiger partial charge in [-0.3, -0.25) is 19.2 Å². The maximum Gasteiger partial charge on any atom is 0.471 e. The second kappa shape index (κ2) is 8.47. The summed E-state index contributed by atoms with van der Waals surface area (Å²) in [5, 5.41) is 7.39. The molecule has 4 amide bonds. The first-order valence-electron chi connectivity index (χ1n) is 11.3. The third-order valence-electron chi connectivity index (χ3n) is 7.36. The standard InChI is InChI=1S/C22H33F3N4O4/c1-20(2,3)15(28-19(33)22(23,24)25)18(32)29-10-12-13(21(12,4)5)14(29)17(31)27-9-7-11-6-8-26-16(11)30/h11-15H,6-10H2,1-5H3,(H,26,30)(H,27,31)(H,28,33)/t11?,12-,13-,14-,15+/m0/s1. The predicted octanol–water partition coefficient (Wildman–Crippen LogP) is 1.21. The monoisotopic (exact) mass is 474 g/mol. The second-order valence-electron chi connectivity index (χ2n) is 11.0. The molecule has 186 valence electrons. The first kappa shape index (κ1) is 25.3. The smallest absolute Gasteiger partial charge is 0.356 e. The normalized spacial score (nSPS) is 29.2. The molecule has 2 heterocycles. The highest BCUT2D eigenvalue weighted by atomic mass is 19.4. The summed E-state index contributed by atoms with van der Waals surface area (Å²) in [6.45, 7) is 9.81. The number of carbonyl (C=O) groups is 4. The minimum absolute atomic E-state index is 0.0428. The fourth-order valence-corrected chi connectivity index (χ4v) is 5.24. The Balaban J connectivity index is 1.73. The molecule has 1 aliphatic carbocycles. The van der Waals surface area contributed by atoms with Gasteiger partial charge in [-0.05, 0) is 35.5 Å². The number of piperidine rings is 1. The average molecular weight is 475 g/mol. The van der Waals surface area contributed by atoms with Gasteiger partial charge in [0.05, 0.1) is 0 Å². The summed E-state index contributed by atoms with van der Waals surface area (Å²) in [5.41, 5.74) is -1.17. The lowest BCUT2D eigenvalue weighted by molar-refractivity contribution is -0.176. The molecular formula is C22H33F3N4O4. The van der Waals surface area contributed by atoms with Crippen molar-refractivity contribution in [2.75, 3.05) is 19.6 Å². The van der Waals surface area contributed by atoms with Crippen LogP contribution in [0.25, 0.3) is 0 Å². The summed E-state index contributed by atoms with van der Waals surface area (Å²) in [5.74, 6) is -3.53. The van der Waals surface area contributed by atoms with Gasteiger partial charge >= 0.3 is 12.1 Å². The van der Waals surface area contributed by atoms with Crippen molar-refractivity contribution >= 4 is 23.6 Å². The first-order valence-corrected chi connectivity index (χ1v) is 11.3. The van der Waals surface area contributed by atoms with Crippen molar-refractivity contribution in [2.45, 2.75) is 65.7 Å². The molecule has 33 heavy (non-hydrogen) atoms. The lowest BCUT2D eigenvalue weighted by Crippen LogP contribution is -2.60. The summed E-state index contributed by atoms with van der Waals surface area (Å²) in [6.07, 6.45) is -3.95. The molecule has 1 saturated carbocycles. The highest BCUT2D eigenvalue weighted by molar-refractivity contribution is 5.94. The van der Waals surface area contributed by atoms with Crippen molar-refractivity contribution < 1.29 is 32.3 Å². The summed E-state index contributed by atoms with van der Waals surface area (Å²) in [7, 11) is 0. The third-order valence-corrected chi connectivity index (χ3v) is 7.36. The second-order valence-corrected chi connectivity index (χ2v) is 11.0. The zero-order chi connectivity index (χ0) is 24.9. The van der Waals surface area contributed by atoms with Gasteiger partial charge in [0.25, 0.3) is 0 Å². The number of fused-ring (bicyclic) bond motifs is 1. The Kier molecular flexibility index (Phi) is 6.49. The van der Waals surface area contributed by atoms with Crippen LogP contribution in [0.4, 0.5) is 13.2 Å². The van der Waals surface area contributed by atoms with Crippen LogP contribution in [0.1, 0.15) is 47.5 Å². The van der Waals surface area contributed by atoms with Gasteiger partial charge in [0.15, 0.2) is 0 Å². The highest BCUT2D eigenvalue weighted by Gasteiger charge is 2.69. The van der Waals surface area contributed by atoms with Crippen molar-refractivity contribution in [3.63, 3.8) is 0 Å². The lowest BCUT2D eigenvalue weighted by atomic mass is 9.85. The molecule has 3 N–H and O–H groups in total. The number of hydrogen-bond acceptors (Lipinski definition) is 4. The van der Waals surface area contributed by atoms with E-state index in [1.165, 1.54) is 4.90 Å². The third kappa shape index (κ3) is 4.96. The van der Waals surface area contributed by atoms with E-state index in [4.69, 9.17) is 0 Å². The molecule has 0 spiro atoms. The number of carbonyl (C=O) groups excluding carboxylic acids is 4. The predicted molar refractivity (Wildman–Crippen MR) is 112 cm³/mol. The van der Waals surface area contributed by atoms with Crippen LogP contribution in [0.5, 0.6) is 0 Å². The molecule has 8 nitrogen and oxygen atoms in total. The highest BCUT2D eigenvalue weighted by Crippen LogP contribution is 2.65. The van der Waals surface area contributed by atoms with Gasteiger partial charge in [0.1, 0.15) is 12.1 Å². The van der Waals surface area contributed by atoms with Gasteiger partial charge in [0.2, 0.25) is 17.7 Å². The van der Waals surface area contributed by atoms with Crippen LogP contribution >= 0.6 is 0 Å². The molecule has 0 radical (unpaired) electrons. The zero-order valence-corrected chi connectivity index (χ0v) is 19.6. The number of rotatable bonds is 6. The Morgan fingerprint density at radius 3 is 2.36 bits per heavy atom. The number of alkyl halides is 3. The molecular weight excluding hydrogens is 441 g/mol. The molecule has 3 rings (SSSR count). The summed E-state index contributed by atoms with van der Waals surface area (Å²) in [6, 6.07) is -2.27. The van der Waals surface area contributed by atoms with Crippen molar-refractivity contribution in [3.8, 4) is 0 Å². The molecule has 0 bridgehead atoms. The summed E-state index contributed by atoms with van der Waals surface area (Å²) in [4.78, 5) is 51.2. The molecule has 11 heteroatoms. The Morgan fingerprint density at radius 1 is 1.21 bits per heavy atom. The van der Waals surface area contributed by atoms with Gasteiger partial charge in [-0.15, -0.1) is 0 Å². The Labute approximate surface area is 191 Å². The van der Waals surface area contributed by atoms with E-state index in [-0.39, 0.29) is 48.1 Å². The van der Waals surface area contributed by atoms with Crippen LogP contribution in [0.15, 0.2) is 0 Å². The number of nitrogens with one attached hydrogen (secondary N) is 3. The Hall–Kier alpha value is -2.33. The van der Waals surface area contributed by atoms with E-state index in [0.717, 1.165) is 0 Å². The molecule has 2 saturated heterocycles. The van der Waals surface area contributed by atoms with Gasteiger partial charge < -0.3 is 20.9 Å². The lowest BCUT2D eigenvalue weighted by Gasteiger charge is -2.37. The van der Waals surface area contributed by atoms with Gasteiger partial charge in [-0.2, -0.15) is 13.2 Å². The minimum atomic E-state index is -5.12. The Morgan fingerprint density at radius 2 is 1.85 bits per heavy atom. The molecule has 0 aromatic heterocycles. The fraction of sp³-hybridized carbons (Fsp3) is 0.818. The SMILES string of the molecule is CC(C)(C)[C@H](NC(=O)C(F)(F)F)C(=O)N1C[C@H]2[C@@H]([C@H]1C(=O)NCCC1CCNC1=O)C2(C)C. The van der Waals surface area contributed by atoms with Crippen LogP contribution in [-0.2, 0) is 19.2 Å². The van der Waals surface area contributed by atoms with Crippen molar-refractivity contribution in [1.29, 1.82) is 0 Å². The maximum absolute atomic E-state index is 13.4. The Bertz CT molecular complexity index is 836. The zero-order valence-electron chi connectivity index (χ0n) is 19.6. The number of amides is 4. The minimum Gasteiger partial charge on any atom is -0.356 e. The quantitative estimate of drug-likeness (QED) is 0.538. The van der Waals surface area contributed by atoms with E-state index >= 15 is 0 Å². The van der Waals surface area contributed by atoms with Crippen LogP contribution in [0.3, 0.4) is 0 Å². The number of nitrogens with zero attached hydrogens (tertiary/aromatic N) is 1. The van der Waals surface area contributed by atoms with Crippen LogP contribution in [0, 0.1) is 28.6 Å². The van der Waals surface area contributed by atoms with Crippen molar-refractivity contribution in [3.05, 3.63) is 0 Å². The maximum atomic E-state index is 13.4. The molecule has 1 unspecified atom stereocenters. The van der Waals surface area contributed by atoms with E-state index in [0.29, 0.717) is 19.4 Å². The average Bonchev–Trinajstić information content (AvgIpc) is 3.05. The topological polar surface area (TPSA) is 108 Å². The molecule has 0 aromatic rings. The van der Waals surface area contributed by atoms with Crippen LogP contribution < -0.4 is 16.0 Å². The molecule has 0 aromatic carbocycles.